The largest absolute Gasteiger partial charge is 0.507 e. The molecule has 1 aromatic heterocycles. The maximum atomic E-state index is 11.8. The molecule has 4 nitrogen and oxygen atoms in total. The highest BCUT2D eigenvalue weighted by Gasteiger charge is 2.08. The summed E-state index contributed by atoms with van der Waals surface area (Å²) in [5.74, 6) is 0.143. The van der Waals surface area contributed by atoms with Gasteiger partial charge in [-0.15, -0.1) is 0 Å². The van der Waals surface area contributed by atoms with Crippen LogP contribution in [0.15, 0.2) is 36.7 Å². The molecule has 1 heterocycles. The second-order valence-corrected chi connectivity index (χ2v) is 3.77. The maximum absolute atomic E-state index is 11.8. The summed E-state index contributed by atoms with van der Waals surface area (Å²) in [6.07, 6.45) is 6.09. The van der Waals surface area contributed by atoms with Gasteiger partial charge in [0.1, 0.15) is 11.6 Å². The van der Waals surface area contributed by atoms with Crippen LogP contribution in [-0.2, 0) is 0 Å². The zero-order valence-corrected chi connectivity index (χ0v) is 9.48. The Hall–Kier alpha value is -2.07. The summed E-state index contributed by atoms with van der Waals surface area (Å²) in [5.41, 5.74) is 0.167. The number of aromatic amines is 1. The number of carbonyl (C=O) groups is 1. The predicted octanol–water partition coefficient (Wildman–Crippen LogP) is 2.66. The van der Waals surface area contributed by atoms with Gasteiger partial charge in [0.2, 0.25) is 0 Å². The van der Waals surface area contributed by atoms with Gasteiger partial charge in [-0.2, -0.15) is 0 Å². The molecule has 0 unspecified atom stereocenters. The van der Waals surface area contributed by atoms with E-state index in [2.05, 4.69) is 9.97 Å². The minimum absolute atomic E-state index is 0.0940. The van der Waals surface area contributed by atoms with E-state index in [1.54, 1.807) is 12.4 Å². The summed E-state index contributed by atoms with van der Waals surface area (Å²) in [7, 11) is 0. The van der Waals surface area contributed by atoms with Gasteiger partial charge >= 0.3 is 0 Å². The summed E-state index contributed by atoms with van der Waals surface area (Å²) < 4.78 is 0. The number of phenolic OH excluding ortho intramolecular Hbond substituents is 1. The van der Waals surface area contributed by atoms with Crippen molar-refractivity contribution >= 4 is 23.5 Å². The lowest BCUT2D eigenvalue weighted by molar-refractivity contribution is 0.104. The monoisotopic (exact) mass is 248 g/mol. The van der Waals surface area contributed by atoms with E-state index in [-0.39, 0.29) is 17.1 Å². The van der Waals surface area contributed by atoms with Crippen LogP contribution in [0.2, 0.25) is 5.02 Å². The quantitative estimate of drug-likeness (QED) is 0.648. The molecule has 0 bridgehead atoms. The number of H-pyrrole nitrogens is 1. The standard InChI is InChI=1S/C12H9ClN2O2/c13-8-1-2-10(16)9(7-8)11(17)3-4-12-14-5-6-15-12/h1-7,16H,(H,14,15). The molecule has 2 N–H and O–H groups in total. The third-order valence-electron chi connectivity index (χ3n) is 2.14. The van der Waals surface area contributed by atoms with Gasteiger partial charge in [-0.25, -0.2) is 4.98 Å². The Morgan fingerprint density at radius 2 is 2.29 bits per heavy atom. The fraction of sp³-hybridized carbons (Fsp3) is 0. The molecule has 86 valence electrons. The second kappa shape index (κ2) is 4.84. The number of hydrogen-bond donors (Lipinski definition) is 2. The number of ketones is 1. The molecule has 0 saturated carbocycles. The first-order chi connectivity index (χ1) is 8.16. The van der Waals surface area contributed by atoms with Crippen molar-refractivity contribution in [2.45, 2.75) is 0 Å². The fourth-order valence-corrected chi connectivity index (χ4v) is 1.49. The first-order valence-corrected chi connectivity index (χ1v) is 5.25. The van der Waals surface area contributed by atoms with Crippen molar-refractivity contribution in [2.24, 2.45) is 0 Å². The second-order valence-electron chi connectivity index (χ2n) is 3.33. The Morgan fingerprint density at radius 3 is 3.00 bits per heavy atom. The minimum atomic E-state index is -0.332. The van der Waals surface area contributed by atoms with Crippen LogP contribution in [0.4, 0.5) is 0 Å². The molecule has 1 aromatic carbocycles. The van der Waals surface area contributed by atoms with Crippen LogP contribution in [0.1, 0.15) is 16.2 Å². The molecule has 0 aliphatic heterocycles. The SMILES string of the molecule is O=C(C=Cc1ncc[nH]1)c1cc(Cl)ccc1O. The Kier molecular flexibility index (Phi) is 3.25. The smallest absolute Gasteiger partial charge is 0.189 e. The highest BCUT2D eigenvalue weighted by molar-refractivity contribution is 6.31. The number of benzene rings is 1. The van der Waals surface area contributed by atoms with E-state index in [4.69, 9.17) is 11.6 Å². The van der Waals surface area contributed by atoms with Crippen molar-refractivity contribution in [1.29, 1.82) is 0 Å². The summed E-state index contributed by atoms with van der Waals surface area (Å²) in [4.78, 5) is 18.5. The topological polar surface area (TPSA) is 66.0 Å². The Labute approximate surface area is 103 Å². The minimum Gasteiger partial charge on any atom is -0.507 e. The number of phenols is 1. The van der Waals surface area contributed by atoms with Crippen molar-refractivity contribution in [3.8, 4) is 5.75 Å². The van der Waals surface area contributed by atoms with E-state index in [0.717, 1.165) is 0 Å². The number of imidazole rings is 1. The maximum Gasteiger partial charge on any atom is 0.189 e. The van der Waals surface area contributed by atoms with Gasteiger partial charge in [0, 0.05) is 17.4 Å². The van der Waals surface area contributed by atoms with Gasteiger partial charge < -0.3 is 10.1 Å². The zero-order valence-electron chi connectivity index (χ0n) is 8.72. The third-order valence-corrected chi connectivity index (χ3v) is 2.37. The fourth-order valence-electron chi connectivity index (χ4n) is 1.32. The molecular weight excluding hydrogens is 240 g/mol. The highest BCUT2D eigenvalue weighted by Crippen LogP contribution is 2.22. The average molecular weight is 249 g/mol. The molecule has 0 aliphatic carbocycles. The summed E-state index contributed by atoms with van der Waals surface area (Å²) in [6.45, 7) is 0. The first kappa shape index (κ1) is 11.4. The normalized spacial score (nSPS) is 10.9. The lowest BCUT2D eigenvalue weighted by Gasteiger charge is -2.00. The Morgan fingerprint density at radius 1 is 1.47 bits per heavy atom. The van der Waals surface area contributed by atoms with Crippen molar-refractivity contribution in [1.82, 2.24) is 9.97 Å². The van der Waals surface area contributed by atoms with Crippen molar-refractivity contribution < 1.29 is 9.90 Å². The molecule has 0 fully saturated rings. The molecule has 0 aliphatic rings. The summed E-state index contributed by atoms with van der Waals surface area (Å²) in [6, 6.07) is 4.33. The van der Waals surface area contributed by atoms with E-state index in [1.165, 1.54) is 30.4 Å². The van der Waals surface area contributed by atoms with E-state index in [9.17, 15) is 9.90 Å². The van der Waals surface area contributed by atoms with Crippen molar-refractivity contribution in [3.63, 3.8) is 0 Å². The lowest BCUT2D eigenvalue weighted by atomic mass is 10.1. The predicted molar refractivity (Wildman–Crippen MR) is 65.1 cm³/mol. The van der Waals surface area contributed by atoms with Crippen LogP contribution >= 0.6 is 11.6 Å². The molecular formula is C12H9ClN2O2. The molecule has 17 heavy (non-hydrogen) atoms. The number of halogens is 1. The molecule has 2 aromatic rings. The molecule has 0 amide bonds. The Bertz CT molecular complexity index is 562. The van der Waals surface area contributed by atoms with Gasteiger partial charge in [0.05, 0.1) is 5.56 Å². The van der Waals surface area contributed by atoms with E-state index < -0.39 is 0 Å². The van der Waals surface area contributed by atoms with Crippen LogP contribution in [0, 0.1) is 0 Å². The highest BCUT2D eigenvalue weighted by atomic mass is 35.5. The van der Waals surface area contributed by atoms with Crippen LogP contribution < -0.4 is 0 Å². The molecule has 2 rings (SSSR count). The van der Waals surface area contributed by atoms with Gasteiger partial charge in [0.25, 0.3) is 0 Å². The van der Waals surface area contributed by atoms with E-state index in [1.807, 2.05) is 0 Å². The van der Waals surface area contributed by atoms with Gasteiger partial charge in [0.15, 0.2) is 5.78 Å². The first-order valence-electron chi connectivity index (χ1n) is 4.87. The van der Waals surface area contributed by atoms with E-state index >= 15 is 0 Å². The number of aromatic nitrogens is 2. The third kappa shape index (κ3) is 2.73. The molecule has 0 radical (unpaired) electrons. The van der Waals surface area contributed by atoms with Crippen molar-refractivity contribution in [3.05, 3.63) is 53.1 Å². The number of carbonyl (C=O) groups excluding carboxylic acids is 1. The summed E-state index contributed by atoms with van der Waals surface area (Å²) >= 11 is 5.75. The van der Waals surface area contributed by atoms with Crippen LogP contribution in [0.3, 0.4) is 0 Å². The number of rotatable bonds is 3. The summed E-state index contributed by atoms with van der Waals surface area (Å²) in [5, 5.41) is 9.93. The molecule has 0 atom stereocenters. The number of allylic oxidation sites excluding steroid dienone is 1. The lowest BCUT2D eigenvalue weighted by Crippen LogP contribution is -1.94. The van der Waals surface area contributed by atoms with Gasteiger partial charge in [-0.05, 0) is 30.4 Å². The van der Waals surface area contributed by atoms with Crippen LogP contribution in [-0.4, -0.2) is 20.9 Å². The van der Waals surface area contributed by atoms with Crippen LogP contribution in [0.25, 0.3) is 6.08 Å². The van der Waals surface area contributed by atoms with E-state index in [0.29, 0.717) is 10.8 Å². The average Bonchev–Trinajstić information content (AvgIpc) is 2.82. The van der Waals surface area contributed by atoms with Crippen LogP contribution in [0.5, 0.6) is 5.75 Å². The Balaban J connectivity index is 2.23. The zero-order chi connectivity index (χ0) is 12.3. The van der Waals surface area contributed by atoms with Crippen molar-refractivity contribution in [2.75, 3.05) is 0 Å². The molecule has 5 heteroatoms. The van der Waals surface area contributed by atoms with Gasteiger partial charge in [-0.1, -0.05) is 11.6 Å². The number of hydrogen-bond acceptors (Lipinski definition) is 3. The number of nitrogens with one attached hydrogen (secondary N) is 1. The van der Waals surface area contributed by atoms with Gasteiger partial charge in [-0.3, -0.25) is 4.79 Å². The molecule has 0 saturated heterocycles. The number of nitrogens with zero attached hydrogens (tertiary/aromatic N) is 1. The molecule has 0 spiro atoms. The number of aromatic hydroxyl groups is 1.